The highest BCUT2D eigenvalue weighted by atomic mass is 32.2. The molecule has 0 fully saturated rings. The predicted molar refractivity (Wildman–Crippen MR) is 76.5 cm³/mol. The number of likely N-dealkylation sites (N-methyl/N-ethyl adjacent to an activating group) is 1. The molecule has 19 heavy (non-hydrogen) atoms. The standard InChI is InChI=1S/C13H27NO4S/c1-11(2)7-6-8-12(10-19(16,17)18)13(15)9-14(3,4)5/h11-12H,6-10H2,1-5H3/p+1. The first kappa shape index (κ1) is 18.5. The van der Waals surface area contributed by atoms with Gasteiger partial charge in [0.2, 0.25) is 0 Å². The molecule has 0 aliphatic rings. The van der Waals surface area contributed by atoms with Crippen LogP contribution in [0.3, 0.4) is 0 Å². The first-order valence-electron chi connectivity index (χ1n) is 6.69. The molecule has 0 radical (unpaired) electrons. The number of hydrogen-bond donors (Lipinski definition) is 1. The van der Waals surface area contributed by atoms with Crippen molar-refractivity contribution in [2.24, 2.45) is 11.8 Å². The minimum absolute atomic E-state index is 0.0890. The fourth-order valence-corrected chi connectivity index (χ4v) is 2.82. The van der Waals surface area contributed by atoms with Crippen molar-refractivity contribution in [3.63, 3.8) is 0 Å². The van der Waals surface area contributed by atoms with E-state index in [1.54, 1.807) is 0 Å². The Labute approximate surface area is 117 Å². The molecule has 0 aromatic rings. The van der Waals surface area contributed by atoms with Crippen LogP contribution >= 0.6 is 0 Å². The van der Waals surface area contributed by atoms with Crippen molar-refractivity contribution in [2.45, 2.75) is 33.1 Å². The summed E-state index contributed by atoms with van der Waals surface area (Å²) in [5.74, 6) is -0.607. The zero-order valence-electron chi connectivity index (χ0n) is 12.7. The minimum atomic E-state index is -4.10. The van der Waals surface area contributed by atoms with E-state index in [1.165, 1.54) is 0 Å². The monoisotopic (exact) mass is 294 g/mol. The van der Waals surface area contributed by atoms with E-state index in [-0.39, 0.29) is 12.3 Å². The van der Waals surface area contributed by atoms with Gasteiger partial charge in [0.1, 0.15) is 6.54 Å². The van der Waals surface area contributed by atoms with Crippen LogP contribution in [0.2, 0.25) is 0 Å². The van der Waals surface area contributed by atoms with Gasteiger partial charge in [0.15, 0.2) is 5.78 Å². The number of ketones is 1. The fourth-order valence-electron chi connectivity index (χ4n) is 1.96. The maximum Gasteiger partial charge on any atom is 0.265 e. The predicted octanol–water partition coefficient (Wildman–Crippen LogP) is 1.59. The van der Waals surface area contributed by atoms with Crippen LogP contribution < -0.4 is 0 Å². The number of rotatable bonds is 9. The van der Waals surface area contributed by atoms with Crippen molar-refractivity contribution in [2.75, 3.05) is 33.4 Å². The van der Waals surface area contributed by atoms with Crippen molar-refractivity contribution >= 4 is 15.9 Å². The largest absolute Gasteiger partial charge is 0.325 e. The van der Waals surface area contributed by atoms with Crippen LogP contribution in [0.4, 0.5) is 0 Å². The molecule has 5 nitrogen and oxygen atoms in total. The molecule has 0 amide bonds. The van der Waals surface area contributed by atoms with Crippen LogP contribution in [-0.4, -0.2) is 56.7 Å². The Balaban J connectivity index is 4.62. The molecule has 0 aromatic heterocycles. The maximum absolute atomic E-state index is 12.1. The molecule has 0 spiro atoms. The van der Waals surface area contributed by atoms with Gasteiger partial charge >= 0.3 is 0 Å². The highest BCUT2D eigenvalue weighted by Crippen LogP contribution is 2.16. The molecule has 0 aliphatic heterocycles. The SMILES string of the molecule is CC(C)CCCC(CS(=O)(=O)O)C(=O)C[N+](C)(C)C. The zero-order valence-corrected chi connectivity index (χ0v) is 13.5. The molecule has 0 aromatic carbocycles. The number of nitrogens with zero attached hydrogens (tertiary/aromatic N) is 1. The van der Waals surface area contributed by atoms with E-state index in [2.05, 4.69) is 13.8 Å². The van der Waals surface area contributed by atoms with E-state index in [9.17, 15) is 13.2 Å². The summed E-state index contributed by atoms with van der Waals surface area (Å²) in [6.45, 7) is 4.46. The van der Waals surface area contributed by atoms with Crippen LogP contribution in [-0.2, 0) is 14.9 Å². The van der Waals surface area contributed by atoms with Gasteiger partial charge in [-0.3, -0.25) is 9.35 Å². The third-order valence-corrected chi connectivity index (χ3v) is 3.65. The molecule has 0 saturated carbocycles. The Morgan fingerprint density at radius 3 is 2.05 bits per heavy atom. The van der Waals surface area contributed by atoms with Crippen LogP contribution in [0, 0.1) is 11.8 Å². The first-order chi connectivity index (χ1) is 8.41. The minimum Gasteiger partial charge on any atom is -0.325 e. The first-order valence-corrected chi connectivity index (χ1v) is 8.30. The van der Waals surface area contributed by atoms with E-state index in [4.69, 9.17) is 4.55 Å². The molecule has 6 heteroatoms. The Morgan fingerprint density at radius 1 is 1.16 bits per heavy atom. The van der Waals surface area contributed by atoms with Gasteiger partial charge in [0.25, 0.3) is 10.1 Å². The Hall–Kier alpha value is -0.460. The van der Waals surface area contributed by atoms with Crippen LogP contribution in [0.1, 0.15) is 33.1 Å². The van der Waals surface area contributed by atoms with Crippen molar-refractivity contribution in [1.82, 2.24) is 0 Å². The summed E-state index contributed by atoms with van der Waals surface area (Å²) in [5.41, 5.74) is 0. The summed E-state index contributed by atoms with van der Waals surface area (Å²) in [7, 11) is 1.55. The van der Waals surface area contributed by atoms with Gasteiger partial charge < -0.3 is 4.48 Å². The van der Waals surface area contributed by atoms with Crippen molar-refractivity contribution in [3.05, 3.63) is 0 Å². The second-order valence-electron chi connectivity index (χ2n) is 6.69. The molecule has 1 unspecified atom stereocenters. The number of carbonyl (C=O) groups excluding carboxylic acids is 1. The fraction of sp³-hybridized carbons (Fsp3) is 0.923. The number of carbonyl (C=O) groups is 1. The van der Waals surface area contributed by atoms with Gasteiger partial charge in [-0.25, -0.2) is 0 Å². The summed E-state index contributed by atoms with van der Waals surface area (Å²) < 4.78 is 31.4. The van der Waals surface area contributed by atoms with E-state index in [0.29, 0.717) is 16.8 Å². The van der Waals surface area contributed by atoms with Gasteiger partial charge in [-0.05, 0) is 12.3 Å². The maximum atomic E-state index is 12.1. The van der Waals surface area contributed by atoms with Gasteiger partial charge in [-0.15, -0.1) is 0 Å². The summed E-state index contributed by atoms with van der Waals surface area (Å²) in [6, 6.07) is 0. The van der Waals surface area contributed by atoms with E-state index < -0.39 is 21.8 Å². The average molecular weight is 294 g/mol. The van der Waals surface area contributed by atoms with Gasteiger partial charge in [-0.2, -0.15) is 8.42 Å². The normalized spacial score (nSPS) is 14.7. The van der Waals surface area contributed by atoms with E-state index >= 15 is 0 Å². The highest BCUT2D eigenvalue weighted by molar-refractivity contribution is 7.85. The molecule has 1 atom stereocenters. The van der Waals surface area contributed by atoms with Crippen molar-refractivity contribution in [1.29, 1.82) is 0 Å². The van der Waals surface area contributed by atoms with Gasteiger partial charge in [0, 0.05) is 5.92 Å². The third-order valence-electron chi connectivity index (χ3n) is 2.83. The molecule has 114 valence electrons. The average Bonchev–Trinajstić information content (AvgIpc) is 2.10. The van der Waals surface area contributed by atoms with Crippen LogP contribution in [0.25, 0.3) is 0 Å². The molecule has 0 bridgehead atoms. The Kier molecular flexibility index (Phi) is 7.18. The third kappa shape index (κ3) is 11.1. The quantitative estimate of drug-likeness (QED) is 0.518. The molecule has 0 saturated heterocycles. The topological polar surface area (TPSA) is 71.4 Å². The van der Waals surface area contributed by atoms with E-state index in [1.807, 2.05) is 21.1 Å². The zero-order chi connectivity index (χ0) is 15.3. The molecular weight excluding hydrogens is 266 g/mol. The second-order valence-corrected chi connectivity index (χ2v) is 8.18. The van der Waals surface area contributed by atoms with Crippen molar-refractivity contribution in [3.8, 4) is 0 Å². The van der Waals surface area contributed by atoms with Crippen molar-refractivity contribution < 1.29 is 22.2 Å². The van der Waals surface area contributed by atoms with Crippen LogP contribution in [0.15, 0.2) is 0 Å². The number of quaternary nitrogens is 1. The highest BCUT2D eigenvalue weighted by Gasteiger charge is 2.27. The lowest BCUT2D eigenvalue weighted by Gasteiger charge is -2.25. The summed E-state index contributed by atoms with van der Waals surface area (Å²) in [6.07, 6.45) is 2.29. The van der Waals surface area contributed by atoms with E-state index in [0.717, 1.165) is 12.8 Å². The van der Waals surface area contributed by atoms with Gasteiger partial charge in [0.05, 0.1) is 26.9 Å². The lowest BCUT2D eigenvalue weighted by atomic mass is 9.96. The summed E-state index contributed by atoms with van der Waals surface area (Å²) >= 11 is 0. The summed E-state index contributed by atoms with van der Waals surface area (Å²) in [5, 5.41) is 0. The number of hydrogen-bond acceptors (Lipinski definition) is 3. The Morgan fingerprint density at radius 2 is 1.68 bits per heavy atom. The molecule has 0 rings (SSSR count). The summed E-state index contributed by atoms with van der Waals surface area (Å²) in [4.78, 5) is 12.1. The van der Waals surface area contributed by atoms with Crippen LogP contribution in [0.5, 0.6) is 0 Å². The molecule has 0 heterocycles. The molecular formula is C13H28NO4S+. The number of Topliss-reactive ketones (excluding diaryl/α,β-unsaturated/α-hetero) is 1. The molecule has 1 N–H and O–H groups in total. The smallest absolute Gasteiger partial charge is 0.265 e. The lowest BCUT2D eigenvalue weighted by molar-refractivity contribution is -0.862. The Bertz CT molecular complexity index is 382. The molecule has 0 aliphatic carbocycles. The lowest BCUT2D eigenvalue weighted by Crippen LogP contribution is -2.42. The second kappa shape index (κ2) is 7.36. The van der Waals surface area contributed by atoms with Gasteiger partial charge in [-0.1, -0.05) is 26.7 Å².